The van der Waals surface area contributed by atoms with Gasteiger partial charge < -0.3 is 15.4 Å². The number of nitrogens with one attached hydrogen (secondary N) is 2. The van der Waals surface area contributed by atoms with Crippen LogP contribution < -0.4 is 15.4 Å². The van der Waals surface area contributed by atoms with Crippen LogP contribution in [0.5, 0.6) is 5.75 Å². The Morgan fingerprint density at radius 3 is 3.09 bits per heavy atom. The predicted octanol–water partition coefficient (Wildman–Crippen LogP) is 2.59. The van der Waals surface area contributed by atoms with Crippen LogP contribution in [-0.4, -0.2) is 36.7 Å². The molecule has 0 radical (unpaired) electrons. The van der Waals surface area contributed by atoms with Gasteiger partial charge in [0.15, 0.2) is 5.96 Å². The summed E-state index contributed by atoms with van der Waals surface area (Å²) >= 11 is 0. The van der Waals surface area contributed by atoms with Gasteiger partial charge >= 0.3 is 0 Å². The van der Waals surface area contributed by atoms with Crippen molar-refractivity contribution in [2.75, 3.05) is 19.7 Å². The highest BCUT2D eigenvalue weighted by molar-refractivity contribution is 5.80. The van der Waals surface area contributed by atoms with Crippen LogP contribution in [0.1, 0.15) is 39.5 Å². The monoisotopic (exact) mass is 304 g/mol. The summed E-state index contributed by atoms with van der Waals surface area (Å²) in [5.74, 6) is 2.50. The van der Waals surface area contributed by atoms with Crippen molar-refractivity contribution in [2.45, 2.75) is 45.6 Å². The number of ether oxygens (including phenoxy) is 1. The Labute approximate surface area is 133 Å². The molecule has 2 atom stereocenters. The maximum absolute atomic E-state index is 5.62. The molecule has 2 rings (SSSR count). The number of guanidine groups is 1. The zero-order valence-corrected chi connectivity index (χ0v) is 13.7. The van der Waals surface area contributed by atoms with Gasteiger partial charge in [0.2, 0.25) is 0 Å². The molecule has 5 nitrogen and oxygen atoms in total. The number of aliphatic imine (C=N–C) groups is 1. The lowest BCUT2D eigenvalue weighted by molar-refractivity contribution is 0.320. The van der Waals surface area contributed by atoms with Crippen molar-refractivity contribution in [3.63, 3.8) is 0 Å². The molecule has 0 aliphatic heterocycles. The van der Waals surface area contributed by atoms with Crippen LogP contribution in [0, 0.1) is 5.92 Å². The third-order valence-corrected chi connectivity index (χ3v) is 3.89. The van der Waals surface area contributed by atoms with E-state index in [1.165, 1.54) is 25.7 Å². The lowest BCUT2D eigenvalue weighted by Gasteiger charge is -2.28. The summed E-state index contributed by atoms with van der Waals surface area (Å²) in [5, 5.41) is 6.87. The lowest BCUT2D eigenvalue weighted by Crippen LogP contribution is -2.45. The van der Waals surface area contributed by atoms with Gasteiger partial charge in [-0.25, -0.2) is 4.99 Å². The van der Waals surface area contributed by atoms with Gasteiger partial charge in [0.1, 0.15) is 12.4 Å². The summed E-state index contributed by atoms with van der Waals surface area (Å²) in [6.45, 7) is 6.49. The van der Waals surface area contributed by atoms with Gasteiger partial charge in [-0.15, -0.1) is 0 Å². The number of rotatable bonds is 6. The zero-order chi connectivity index (χ0) is 15.6. The highest BCUT2D eigenvalue weighted by atomic mass is 16.5. The van der Waals surface area contributed by atoms with Gasteiger partial charge in [0.05, 0.1) is 12.7 Å². The largest absolute Gasteiger partial charge is 0.490 e. The number of nitrogens with zero attached hydrogens (tertiary/aromatic N) is 2. The van der Waals surface area contributed by atoms with Crippen molar-refractivity contribution in [1.29, 1.82) is 0 Å². The number of hydrogen-bond donors (Lipinski definition) is 2. The molecule has 1 saturated carbocycles. The minimum atomic E-state index is 0.542. The van der Waals surface area contributed by atoms with Crippen molar-refractivity contribution in [1.82, 2.24) is 15.6 Å². The van der Waals surface area contributed by atoms with E-state index in [9.17, 15) is 0 Å². The molecule has 1 aliphatic carbocycles. The van der Waals surface area contributed by atoms with Crippen LogP contribution in [0.2, 0.25) is 0 Å². The second kappa shape index (κ2) is 9.28. The van der Waals surface area contributed by atoms with Crippen molar-refractivity contribution < 1.29 is 4.74 Å². The molecule has 1 aliphatic rings. The van der Waals surface area contributed by atoms with Crippen molar-refractivity contribution >= 4 is 5.96 Å². The summed E-state index contributed by atoms with van der Waals surface area (Å²) in [6.07, 6.45) is 8.59. The molecule has 1 fully saturated rings. The van der Waals surface area contributed by atoms with E-state index in [2.05, 4.69) is 34.5 Å². The number of hydrogen-bond acceptors (Lipinski definition) is 3. The molecule has 1 heterocycles. The third-order valence-electron chi connectivity index (χ3n) is 3.89. The van der Waals surface area contributed by atoms with E-state index in [1.54, 1.807) is 12.4 Å². The molecule has 0 amide bonds. The van der Waals surface area contributed by atoms with Crippen LogP contribution in [0.25, 0.3) is 0 Å². The number of pyridine rings is 1. The van der Waals surface area contributed by atoms with Gasteiger partial charge in [-0.2, -0.15) is 0 Å². The fourth-order valence-electron chi connectivity index (χ4n) is 2.83. The van der Waals surface area contributed by atoms with Crippen LogP contribution >= 0.6 is 0 Å². The Hall–Kier alpha value is -1.78. The summed E-state index contributed by atoms with van der Waals surface area (Å²) in [6, 6.07) is 4.32. The highest BCUT2D eigenvalue weighted by Gasteiger charge is 2.19. The Kier molecular flexibility index (Phi) is 7.00. The molecule has 0 spiro atoms. The smallest absolute Gasteiger partial charge is 0.191 e. The molecule has 2 unspecified atom stereocenters. The van der Waals surface area contributed by atoms with Gasteiger partial charge in [-0.3, -0.25) is 4.98 Å². The topological polar surface area (TPSA) is 58.5 Å². The SMILES string of the molecule is CCNC(=NCCOc1cccnc1)NC1CCCC(C)C1. The second-order valence-corrected chi connectivity index (χ2v) is 5.91. The van der Waals surface area contributed by atoms with Gasteiger partial charge in [0, 0.05) is 18.8 Å². The fraction of sp³-hybridized carbons (Fsp3) is 0.647. The Balaban J connectivity index is 1.76. The van der Waals surface area contributed by atoms with Crippen molar-refractivity contribution in [3.05, 3.63) is 24.5 Å². The lowest BCUT2D eigenvalue weighted by atomic mass is 9.87. The molecule has 0 bridgehead atoms. The number of aromatic nitrogens is 1. The van der Waals surface area contributed by atoms with E-state index in [-0.39, 0.29) is 0 Å². The Morgan fingerprint density at radius 1 is 1.45 bits per heavy atom. The average Bonchev–Trinajstić information content (AvgIpc) is 2.53. The third kappa shape index (κ3) is 5.92. The molecule has 1 aromatic heterocycles. The Morgan fingerprint density at radius 2 is 2.36 bits per heavy atom. The first kappa shape index (κ1) is 16.6. The fourth-order valence-corrected chi connectivity index (χ4v) is 2.83. The zero-order valence-electron chi connectivity index (χ0n) is 13.7. The highest BCUT2D eigenvalue weighted by Crippen LogP contribution is 2.23. The summed E-state index contributed by atoms with van der Waals surface area (Å²) < 4.78 is 5.62. The van der Waals surface area contributed by atoms with Crippen LogP contribution in [0.15, 0.2) is 29.5 Å². The molecule has 0 aromatic carbocycles. The first-order valence-corrected chi connectivity index (χ1v) is 8.35. The normalized spacial score (nSPS) is 22.2. The van der Waals surface area contributed by atoms with E-state index in [1.807, 2.05) is 12.1 Å². The standard InChI is InChI=1S/C17H28N4O/c1-3-19-17(21-15-7-4-6-14(2)12-15)20-10-11-22-16-8-5-9-18-13-16/h5,8-9,13-15H,3-4,6-7,10-12H2,1-2H3,(H2,19,20,21). The van der Waals surface area contributed by atoms with Gasteiger partial charge in [-0.05, 0) is 37.8 Å². The van der Waals surface area contributed by atoms with Gasteiger partial charge in [0.25, 0.3) is 0 Å². The van der Waals surface area contributed by atoms with Crippen LogP contribution in [-0.2, 0) is 0 Å². The van der Waals surface area contributed by atoms with Crippen LogP contribution in [0.3, 0.4) is 0 Å². The van der Waals surface area contributed by atoms with Gasteiger partial charge in [-0.1, -0.05) is 19.8 Å². The first-order chi connectivity index (χ1) is 10.8. The van der Waals surface area contributed by atoms with Crippen LogP contribution in [0.4, 0.5) is 0 Å². The molecular weight excluding hydrogens is 276 g/mol. The maximum atomic E-state index is 5.62. The minimum Gasteiger partial charge on any atom is -0.490 e. The molecule has 0 saturated heterocycles. The summed E-state index contributed by atoms with van der Waals surface area (Å²) in [4.78, 5) is 8.62. The second-order valence-electron chi connectivity index (χ2n) is 5.91. The summed E-state index contributed by atoms with van der Waals surface area (Å²) in [7, 11) is 0. The van der Waals surface area contributed by atoms with Crippen molar-refractivity contribution in [2.24, 2.45) is 10.9 Å². The van der Waals surface area contributed by atoms with E-state index in [0.29, 0.717) is 19.2 Å². The molecule has 122 valence electrons. The molecule has 5 heteroatoms. The van der Waals surface area contributed by atoms with E-state index in [0.717, 1.165) is 24.2 Å². The maximum Gasteiger partial charge on any atom is 0.191 e. The quantitative estimate of drug-likeness (QED) is 0.482. The minimum absolute atomic E-state index is 0.542. The predicted molar refractivity (Wildman–Crippen MR) is 90.3 cm³/mol. The molecular formula is C17H28N4O. The average molecular weight is 304 g/mol. The van der Waals surface area contributed by atoms with E-state index < -0.39 is 0 Å². The molecule has 22 heavy (non-hydrogen) atoms. The van der Waals surface area contributed by atoms with E-state index >= 15 is 0 Å². The van der Waals surface area contributed by atoms with E-state index in [4.69, 9.17) is 4.74 Å². The van der Waals surface area contributed by atoms with Crippen molar-refractivity contribution in [3.8, 4) is 5.75 Å². The molecule has 2 N–H and O–H groups in total. The molecule has 1 aromatic rings. The summed E-state index contributed by atoms with van der Waals surface area (Å²) in [5.41, 5.74) is 0. The first-order valence-electron chi connectivity index (χ1n) is 8.35. The Bertz CT molecular complexity index is 449.